The number of hydrogen-bond acceptors (Lipinski definition) is 2. The summed E-state index contributed by atoms with van der Waals surface area (Å²) in [5, 5.41) is 20.3. The van der Waals surface area contributed by atoms with Gasteiger partial charge in [-0.15, -0.1) is 0 Å². The average molecular weight is 262 g/mol. The summed E-state index contributed by atoms with van der Waals surface area (Å²) in [6.07, 6.45) is 8.98. The standard InChI is InChI=1S/C17H26O2/c18-16(15-9-3-1-4-10-15)11-5-2-6-12-17(19)13-7-8-14-17/h1,3-4,9-10,16,18-19H,2,5-8,11-14H2. The van der Waals surface area contributed by atoms with Gasteiger partial charge in [0.2, 0.25) is 0 Å². The van der Waals surface area contributed by atoms with Crippen LogP contribution in [0.25, 0.3) is 0 Å². The molecule has 1 saturated carbocycles. The van der Waals surface area contributed by atoms with E-state index in [1.165, 1.54) is 12.8 Å². The highest BCUT2D eigenvalue weighted by Gasteiger charge is 2.29. The lowest BCUT2D eigenvalue weighted by Crippen LogP contribution is -2.23. The van der Waals surface area contributed by atoms with Crippen LogP contribution < -0.4 is 0 Å². The molecular weight excluding hydrogens is 236 g/mol. The maximum Gasteiger partial charge on any atom is 0.0790 e. The highest BCUT2D eigenvalue weighted by Crippen LogP contribution is 2.34. The zero-order valence-electron chi connectivity index (χ0n) is 11.7. The number of unbranched alkanes of at least 4 members (excludes halogenated alkanes) is 2. The molecular formula is C17H26O2. The third kappa shape index (κ3) is 4.63. The van der Waals surface area contributed by atoms with Crippen molar-refractivity contribution in [3.05, 3.63) is 35.9 Å². The van der Waals surface area contributed by atoms with Crippen molar-refractivity contribution in [2.24, 2.45) is 0 Å². The van der Waals surface area contributed by atoms with Crippen LogP contribution in [0.15, 0.2) is 30.3 Å². The molecule has 2 rings (SSSR count). The fourth-order valence-corrected chi connectivity index (χ4v) is 3.09. The van der Waals surface area contributed by atoms with Crippen molar-refractivity contribution in [2.75, 3.05) is 0 Å². The molecule has 106 valence electrons. The number of aliphatic hydroxyl groups excluding tert-OH is 1. The summed E-state index contributed by atoms with van der Waals surface area (Å²) >= 11 is 0. The van der Waals surface area contributed by atoms with Gasteiger partial charge in [0.05, 0.1) is 11.7 Å². The molecule has 1 fully saturated rings. The molecule has 0 amide bonds. The van der Waals surface area contributed by atoms with E-state index in [2.05, 4.69) is 0 Å². The van der Waals surface area contributed by atoms with Crippen LogP contribution in [0, 0.1) is 0 Å². The summed E-state index contributed by atoms with van der Waals surface area (Å²) < 4.78 is 0. The molecule has 0 aliphatic heterocycles. The Morgan fingerprint density at radius 2 is 1.68 bits per heavy atom. The first-order valence-electron chi connectivity index (χ1n) is 7.65. The Morgan fingerprint density at radius 1 is 1.00 bits per heavy atom. The van der Waals surface area contributed by atoms with E-state index >= 15 is 0 Å². The Bertz CT molecular complexity index is 355. The SMILES string of the molecule is OC(CCCCCC1(O)CCCC1)c1ccccc1. The second kappa shape index (κ2) is 7.06. The lowest BCUT2D eigenvalue weighted by molar-refractivity contribution is 0.0358. The lowest BCUT2D eigenvalue weighted by atomic mass is 9.94. The fourth-order valence-electron chi connectivity index (χ4n) is 3.09. The van der Waals surface area contributed by atoms with Gasteiger partial charge < -0.3 is 10.2 Å². The summed E-state index contributed by atoms with van der Waals surface area (Å²) in [7, 11) is 0. The van der Waals surface area contributed by atoms with Crippen molar-refractivity contribution < 1.29 is 10.2 Å². The number of benzene rings is 1. The molecule has 2 nitrogen and oxygen atoms in total. The van der Waals surface area contributed by atoms with Gasteiger partial charge in [0, 0.05) is 0 Å². The average Bonchev–Trinajstić information content (AvgIpc) is 2.86. The molecule has 1 aromatic rings. The monoisotopic (exact) mass is 262 g/mol. The Labute approximate surface area is 116 Å². The molecule has 19 heavy (non-hydrogen) atoms. The van der Waals surface area contributed by atoms with E-state index in [1.54, 1.807) is 0 Å². The Balaban J connectivity index is 1.59. The van der Waals surface area contributed by atoms with Crippen molar-refractivity contribution in [1.82, 2.24) is 0 Å². The molecule has 1 aliphatic carbocycles. The van der Waals surface area contributed by atoms with Crippen LogP contribution in [-0.2, 0) is 0 Å². The fraction of sp³-hybridized carbons (Fsp3) is 0.647. The molecule has 0 bridgehead atoms. The predicted octanol–water partition coefficient (Wildman–Crippen LogP) is 3.98. The topological polar surface area (TPSA) is 40.5 Å². The molecule has 0 radical (unpaired) electrons. The smallest absolute Gasteiger partial charge is 0.0790 e. The Morgan fingerprint density at radius 3 is 2.37 bits per heavy atom. The molecule has 1 atom stereocenters. The Hall–Kier alpha value is -0.860. The molecule has 0 spiro atoms. The zero-order chi connectivity index (χ0) is 13.6. The molecule has 0 aromatic heterocycles. The van der Waals surface area contributed by atoms with Gasteiger partial charge in [-0.05, 0) is 31.2 Å². The molecule has 1 aromatic carbocycles. The van der Waals surface area contributed by atoms with Crippen molar-refractivity contribution in [3.8, 4) is 0 Å². The van der Waals surface area contributed by atoms with E-state index < -0.39 is 0 Å². The van der Waals surface area contributed by atoms with Crippen molar-refractivity contribution >= 4 is 0 Å². The third-order valence-electron chi connectivity index (χ3n) is 4.34. The van der Waals surface area contributed by atoms with E-state index in [9.17, 15) is 10.2 Å². The molecule has 2 N–H and O–H groups in total. The van der Waals surface area contributed by atoms with Gasteiger partial charge in [0.1, 0.15) is 0 Å². The van der Waals surface area contributed by atoms with Gasteiger partial charge in [-0.25, -0.2) is 0 Å². The van der Waals surface area contributed by atoms with E-state index in [4.69, 9.17) is 0 Å². The van der Waals surface area contributed by atoms with Gasteiger partial charge >= 0.3 is 0 Å². The highest BCUT2D eigenvalue weighted by molar-refractivity contribution is 5.16. The van der Waals surface area contributed by atoms with Gasteiger partial charge in [0.25, 0.3) is 0 Å². The minimum absolute atomic E-state index is 0.337. The van der Waals surface area contributed by atoms with Crippen LogP contribution in [0.3, 0.4) is 0 Å². The summed E-state index contributed by atoms with van der Waals surface area (Å²) in [5.74, 6) is 0. The Kier molecular flexibility index (Phi) is 5.41. The van der Waals surface area contributed by atoms with E-state index in [0.717, 1.165) is 50.5 Å². The van der Waals surface area contributed by atoms with Crippen molar-refractivity contribution in [2.45, 2.75) is 69.5 Å². The maximum atomic E-state index is 10.2. The highest BCUT2D eigenvalue weighted by atomic mass is 16.3. The van der Waals surface area contributed by atoms with Crippen LogP contribution in [0.5, 0.6) is 0 Å². The third-order valence-corrected chi connectivity index (χ3v) is 4.34. The number of aliphatic hydroxyl groups is 2. The van der Waals surface area contributed by atoms with E-state index in [-0.39, 0.29) is 11.7 Å². The number of rotatable bonds is 7. The first-order valence-corrected chi connectivity index (χ1v) is 7.65. The van der Waals surface area contributed by atoms with Crippen LogP contribution in [0.1, 0.15) is 69.5 Å². The largest absolute Gasteiger partial charge is 0.390 e. The normalized spacial score (nSPS) is 19.5. The summed E-state index contributed by atoms with van der Waals surface area (Å²) in [6, 6.07) is 9.86. The van der Waals surface area contributed by atoms with E-state index in [0.29, 0.717) is 0 Å². The van der Waals surface area contributed by atoms with Crippen LogP contribution in [-0.4, -0.2) is 15.8 Å². The minimum atomic E-state index is -0.363. The van der Waals surface area contributed by atoms with Gasteiger partial charge in [0.15, 0.2) is 0 Å². The number of hydrogen-bond donors (Lipinski definition) is 2. The first-order chi connectivity index (χ1) is 9.20. The van der Waals surface area contributed by atoms with Crippen molar-refractivity contribution in [3.63, 3.8) is 0 Å². The van der Waals surface area contributed by atoms with Crippen LogP contribution in [0.4, 0.5) is 0 Å². The van der Waals surface area contributed by atoms with Crippen LogP contribution in [0.2, 0.25) is 0 Å². The molecule has 0 heterocycles. The maximum absolute atomic E-state index is 10.2. The van der Waals surface area contributed by atoms with E-state index in [1.807, 2.05) is 30.3 Å². The zero-order valence-corrected chi connectivity index (χ0v) is 11.7. The molecule has 1 aliphatic rings. The van der Waals surface area contributed by atoms with Crippen molar-refractivity contribution in [1.29, 1.82) is 0 Å². The summed E-state index contributed by atoms with van der Waals surface area (Å²) in [4.78, 5) is 0. The molecule has 2 heteroatoms. The summed E-state index contributed by atoms with van der Waals surface area (Å²) in [5.41, 5.74) is 0.648. The lowest BCUT2D eigenvalue weighted by Gasteiger charge is -2.21. The van der Waals surface area contributed by atoms with Gasteiger partial charge in [-0.2, -0.15) is 0 Å². The van der Waals surface area contributed by atoms with Gasteiger partial charge in [-0.1, -0.05) is 62.4 Å². The second-order valence-corrected chi connectivity index (χ2v) is 5.96. The second-order valence-electron chi connectivity index (χ2n) is 5.96. The van der Waals surface area contributed by atoms with Crippen LogP contribution >= 0.6 is 0 Å². The van der Waals surface area contributed by atoms with Gasteiger partial charge in [-0.3, -0.25) is 0 Å². The minimum Gasteiger partial charge on any atom is -0.390 e. The molecule has 0 saturated heterocycles. The summed E-state index contributed by atoms with van der Waals surface area (Å²) in [6.45, 7) is 0. The first kappa shape index (κ1) is 14.5. The molecule has 1 unspecified atom stereocenters. The predicted molar refractivity (Wildman–Crippen MR) is 77.9 cm³/mol. The quantitative estimate of drug-likeness (QED) is 0.730.